The molecule has 0 heterocycles. The molecule has 0 aliphatic rings. The largest absolute Gasteiger partial charge is 0.497 e. The molecule has 0 saturated heterocycles. The van der Waals surface area contributed by atoms with Crippen LogP contribution in [0.2, 0.25) is 0 Å². The lowest BCUT2D eigenvalue weighted by Crippen LogP contribution is -2.38. The standard InChI is InChI=1S/C14H21BrO3/c1-14(2,3)13(17)12(16)8-9-7-10(18-4)5-6-11(9)15/h5-7,12-13,16-17H,8H2,1-4H3. The third-order valence-corrected chi connectivity index (χ3v) is 3.71. The molecule has 1 rings (SSSR count). The topological polar surface area (TPSA) is 49.7 Å². The molecule has 0 fully saturated rings. The molecule has 1 aromatic rings. The van der Waals surface area contributed by atoms with E-state index in [1.165, 1.54) is 0 Å². The Labute approximate surface area is 117 Å². The van der Waals surface area contributed by atoms with E-state index in [0.717, 1.165) is 15.8 Å². The van der Waals surface area contributed by atoms with Gasteiger partial charge in [0.2, 0.25) is 0 Å². The summed E-state index contributed by atoms with van der Waals surface area (Å²) in [5, 5.41) is 20.1. The zero-order chi connectivity index (χ0) is 13.9. The van der Waals surface area contributed by atoms with Gasteiger partial charge in [-0.3, -0.25) is 0 Å². The fourth-order valence-corrected chi connectivity index (χ4v) is 2.16. The molecule has 102 valence electrons. The molecule has 0 spiro atoms. The van der Waals surface area contributed by atoms with Crippen LogP contribution in [0.4, 0.5) is 0 Å². The smallest absolute Gasteiger partial charge is 0.119 e. The molecule has 0 aliphatic carbocycles. The summed E-state index contributed by atoms with van der Waals surface area (Å²) in [4.78, 5) is 0. The lowest BCUT2D eigenvalue weighted by molar-refractivity contribution is -0.0434. The molecule has 0 aliphatic heterocycles. The summed E-state index contributed by atoms with van der Waals surface area (Å²) in [6.45, 7) is 5.71. The highest BCUT2D eigenvalue weighted by molar-refractivity contribution is 9.10. The zero-order valence-electron chi connectivity index (χ0n) is 11.3. The Kier molecular flexibility index (Phi) is 5.20. The molecule has 0 aromatic heterocycles. The van der Waals surface area contributed by atoms with Gasteiger partial charge < -0.3 is 14.9 Å². The lowest BCUT2D eigenvalue weighted by atomic mass is 9.84. The van der Waals surface area contributed by atoms with Gasteiger partial charge in [-0.25, -0.2) is 0 Å². The predicted molar refractivity (Wildman–Crippen MR) is 75.9 cm³/mol. The maximum atomic E-state index is 10.1. The van der Waals surface area contributed by atoms with Crippen molar-refractivity contribution in [3.05, 3.63) is 28.2 Å². The van der Waals surface area contributed by atoms with Gasteiger partial charge in [0.05, 0.1) is 19.3 Å². The summed E-state index contributed by atoms with van der Waals surface area (Å²) in [5.41, 5.74) is 0.579. The highest BCUT2D eigenvalue weighted by Gasteiger charge is 2.29. The van der Waals surface area contributed by atoms with Crippen molar-refractivity contribution in [2.75, 3.05) is 7.11 Å². The van der Waals surface area contributed by atoms with Crippen molar-refractivity contribution in [2.24, 2.45) is 5.41 Å². The Bertz CT molecular complexity index is 399. The van der Waals surface area contributed by atoms with Crippen molar-refractivity contribution >= 4 is 15.9 Å². The van der Waals surface area contributed by atoms with Crippen LogP contribution in [-0.2, 0) is 6.42 Å². The highest BCUT2D eigenvalue weighted by atomic mass is 79.9. The lowest BCUT2D eigenvalue weighted by Gasteiger charge is -2.30. The average Bonchev–Trinajstić information content (AvgIpc) is 2.29. The number of hydrogen-bond donors (Lipinski definition) is 2. The average molecular weight is 317 g/mol. The first kappa shape index (κ1) is 15.5. The van der Waals surface area contributed by atoms with E-state index in [1.54, 1.807) is 7.11 Å². The van der Waals surface area contributed by atoms with Crippen LogP contribution in [0.3, 0.4) is 0 Å². The molecular formula is C14H21BrO3. The molecule has 0 radical (unpaired) electrons. The van der Waals surface area contributed by atoms with Crippen molar-refractivity contribution in [3.8, 4) is 5.75 Å². The van der Waals surface area contributed by atoms with Gasteiger partial charge in [-0.15, -0.1) is 0 Å². The number of aliphatic hydroxyl groups excluding tert-OH is 2. The monoisotopic (exact) mass is 316 g/mol. The summed E-state index contributed by atoms with van der Waals surface area (Å²) in [6, 6.07) is 5.59. The van der Waals surface area contributed by atoms with Gasteiger partial charge in [-0.1, -0.05) is 36.7 Å². The van der Waals surface area contributed by atoms with Crippen LogP contribution in [0.1, 0.15) is 26.3 Å². The third-order valence-electron chi connectivity index (χ3n) is 2.93. The van der Waals surface area contributed by atoms with Crippen molar-refractivity contribution in [3.63, 3.8) is 0 Å². The molecule has 2 N–H and O–H groups in total. The summed E-state index contributed by atoms with van der Waals surface area (Å²) in [6.07, 6.45) is -1.18. The second-order valence-corrected chi connectivity index (χ2v) is 6.39. The van der Waals surface area contributed by atoms with Crippen LogP contribution in [0.15, 0.2) is 22.7 Å². The molecule has 2 atom stereocenters. The van der Waals surface area contributed by atoms with Gasteiger partial charge in [-0.2, -0.15) is 0 Å². The van der Waals surface area contributed by atoms with Gasteiger partial charge in [0.15, 0.2) is 0 Å². The molecule has 0 saturated carbocycles. The minimum atomic E-state index is -0.798. The number of aliphatic hydroxyl groups is 2. The van der Waals surface area contributed by atoms with E-state index in [1.807, 2.05) is 39.0 Å². The first-order chi connectivity index (χ1) is 8.25. The summed E-state index contributed by atoms with van der Waals surface area (Å²) in [5.74, 6) is 0.741. The Morgan fingerprint density at radius 1 is 1.28 bits per heavy atom. The summed E-state index contributed by atoms with van der Waals surface area (Å²) in [7, 11) is 1.60. The molecule has 2 unspecified atom stereocenters. The third kappa shape index (κ3) is 3.97. The molecule has 1 aromatic carbocycles. The van der Waals surface area contributed by atoms with Crippen LogP contribution in [0.25, 0.3) is 0 Å². The molecule has 3 nitrogen and oxygen atoms in total. The van der Waals surface area contributed by atoms with Gasteiger partial charge in [0, 0.05) is 10.9 Å². The fourth-order valence-electron chi connectivity index (χ4n) is 1.75. The van der Waals surface area contributed by atoms with E-state index in [4.69, 9.17) is 4.74 Å². The van der Waals surface area contributed by atoms with Crippen molar-refractivity contribution in [2.45, 2.75) is 39.4 Å². The van der Waals surface area contributed by atoms with Crippen LogP contribution < -0.4 is 4.74 Å². The van der Waals surface area contributed by atoms with Crippen molar-refractivity contribution < 1.29 is 14.9 Å². The molecular weight excluding hydrogens is 296 g/mol. The minimum absolute atomic E-state index is 0.343. The van der Waals surface area contributed by atoms with Gasteiger partial charge in [0.1, 0.15) is 5.75 Å². The first-order valence-corrected chi connectivity index (χ1v) is 6.73. The van der Waals surface area contributed by atoms with E-state index in [2.05, 4.69) is 15.9 Å². The maximum Gasteiger partial charge on any atom is 0.119 e. The zero-order valence-corrected chi connectivity index (χ0v) is 12.9. The number of benzene rings is 1. The Balaban J connectivity index is 2.84. The quantitative estimate of drug-likeness (QED) is 0.898. The maximum absolute atomic E-state index is 10.1. The second kappa shape index (κ2) is 6.04. The van der Waals surface area contributed by atoms with Crippen LogP contribution in [0, 0.1) is 5.41 Å². The van der Waals surface area contributed by atoms with Crippen LogP contribution >= 0.6 is 15.9 Å². The molecule has 18 heavy (non-hydrogen) atoms. The fraction of sp³-hybridized carbons (Fsp3) is 0.571. The van der Waals surface area contributed by atoms with Crippen LogP contribution in [-0.4, -0.2) is 29.5 Å². The number of ether oxygens (including phenoxy) is 1. The van der Waals surface area contributed by atoms with Gasteiger partial charge in [-0.05, 0) is 29.2 Å². The number of hydrogen-bond acceptors (Lipinski definition) is 3. The summed E-state index contributed by atoms with van der Waals surface area (Å²) < 4.78 is 6.06. The Hall–Kier alpha value is -0.580. The first-order valence-electron chi connectivity index (χ1n) is 5.94. The van der Waals surface area contributed by atoms with Crippen molar-refractivity contribution in [1.29, 1.82) is 0 Å². The predicted octanol–water partition coefficient (Wildman–Crippen LogP) is 2.77. The van der Waals surface area contributed by atoms with Gasteiger partial charge in [0.25, 0.3) is 0 Å². The van der Waals surface area contributed by atoms with Crippen molar-refractivity contribution in [1.82, 2.24) is 0 Å². The van der Waals surface area contributed by atoms with Gasteiger partial charge >= 0.3 is 0 Å². The number of methoxy groups -OCH3 is 1. The molecule has 4 heteroatoms. The Morgan fingerprint density at radius 3 is 2.39 bits per heavy atom. The van der Waals surface area contributed by atoms with E-state index in [9.17, 15) is 10.2 Å². The molecule has 0 bridgehead atoms. The summed E-state index contributed by atoms with van der Waals surface area (Å²) >= 11 is 3.44. The SMILES string of the molecule is COc1ccc(Br)c(CC(O)C(O)C(C)(C)C)c1. The van der Waals surface area contributed by atoms with Crippen LogP contribution in [0.5, 0.6) is 5.75 Å². The normalized spacial score (nSPS) is 15.3. The van der Waals surface area contributed by atoms with E-state index < -0.39 is 12.2 Å². The number of rotatable bonds is 4. The Morgan fingerprint density at radius 2 is 1.89 bits per heavy atom. The molecule has 0 amide bonds. The van der Waals surface area contributed by atoms with E-state index >= 15 is 0 Å². The van der Waals surface area contributed by atoms with E-state index in [-0.39, 0.29) is 5.41 Å². The van der Waals surface area contributed by atoms with E-state index in [0.29, 0.717) is 6.42 Å². The minimum Gasteiger partial charge on any atom is -0.497 e. The second-order valence-electron chi connectivity index (χ2n) is 5.54. The number of halogens is 1. The highest BCUT2D eigenvalue weighted by Crippen LogP contribution is 2.27.